The fourth-order valence-electron chi connectivity index (χ4n) is 2.11. The normalized spacial score (nSPS) is 14.8. The van der Waals surface area contributed by atoms with Gasteiger partial charge in [0.1, 0.15) is 0 Å². The topological polar surface area (TPSA) is 46.3 Å². The van der Waals surface area contributed by atoms with Gasteiger partial charge in [-0.15, -0.1) is 0 Å². The predicted octanol–water partition coefficient (Wildman–Crippen LogP) is 2.81. The molecule has 98 valence electrons. The van der Waals surface area contributed by atoms with Crippen LogP contribution in [0.2, 0.25) is 0 Å². The Morgan fingerprint density at radius 1 is 1.39 bits per heavy atom. The van der Waals surface area contributed by atoms with Gasteiger partial charge in [-0.25, -0.2) is 0 Å². The molecule has 0 aliphatic heterocycles. The van der Waals surface area contributed by atoms with Crippen LogP contribution in [0.4, 0.5) is 5.69 Å². The van der Waals surface area contributed by atoms with Crippen molar-refractivity contribution in [2.45, 2.75) is 45.7 Å². The number of rotatable bonds is 5. The molecule has 0 unspecified atom stereocenters. The van der Waals surface area contributed by atoms with E-state index in [4.69, 9.17) is 5.73 Å². The Bertz CT molecular complexity index is 424. The van der Waals surface area contributed by atoms with Crippen LogP contribution < -0.4 is 5.73 Å². The van der Waals surface area contributed by atoms with E-state index in [9.17, 15) is 4.79 Å². The molecule has 1 aliphatic rings. The number of para-hydroxylation sites is 1. The highest BCUT2D eigenvalue weighted by atomic mass is 16.2. The van der Waals surface area contributed by atoms with Crippen LogP contribution in [0.25, 0.3) is 0 Å². The van der Waals surface area contributed by atoms with Crippen LogP contribution in [-0.4, -0.2) is 16.8 Å². The van der Waals surface area contributed by atoms with Crippen molar-refractivity contribution in [1.29, 1.82) is 0 Å². The average molecular weight is 246 g/mol. The van der Waals surface area contributed by atoms with E-state index in [0.29, 0.717) is 18.9 Å². The number of anilines is 1. The van der Waals surface area contributed by atoms with Gasteiger partial charge in [0.15, 0.2) is 0 Å². The van der Waals surface area contributed by atoms with Crippen LogP contribution in [0.15, 0.2) is 24.3 Å². The molecular weight excluding hydrogens is 224 g/mol. The van der Waals surface area contributed by atoms with E-state index in [2.05, 4.69) is 13.8 Å². The largest absolute Gasteiger partial charge is 0.398 e. The summed E-state index contributed by atoms with van der Waals surface area (Å²) in [6, 6.07) is 7.99. The number of nitrogen functional groups attached to an aromatic ring is 1. The van der Waals surface area contributed by atoms with Crippen molar-refractivity contribution in [2.24, 2.45) is 5.92 Å². The molecule has 3 heteroatoms. The van der Waals surface area contributed by atoms with E-state index in [1.807, 2.05) is 29.2 Å². The molecule has 2 rings (SSSR count). The Morgan fingerprint density at radius 2 is 2.06 bits per heavy atom. The molecule has 1 amide bonds. The van der Waals surface area contributed by atoms with E-state index >= 15 is 0 Å². The number of hydrogen-bond donors (Lipinski definition) is 1. The molecule has 1 aromatic rings. The third-order valence-electron chi connectivity index (χ3n) is 3.50. The van der Waals surface area contributed by atoms with Gasteiger partial charge in [-0.3, -0.25) is 4.79 Å². The Labute approximate surface area is 109 Å². The van der Waals surface area contributed by atoms with Crippen LogP contribution in [0, 0.1) is 5.92 Å². The van der Waals surface area contributed by atoms with E-state index in [0.717, 1.165) is 11.3 Å². The van der Waals surface area contributed by atoms with Gasteiger partial charge in [-0.2, -0.15) is 0 Å². The molecule has 0 spiro atoms. The van der Waals surface area contributed by atoms with Crippen LogP contribution in [0.5, 0.6) is 0 Å². The molecule has 0 aromatic heterocycles. The second-order valence-electron chi connectivity index (χ2n) is 5.46. The van der Waals surface area contributed by atoms with Gasteiger partial charge in [0.05, 0.1) is 0 Å². The maximum Gasteiger partial charge on any atom is 0.223 e. The summed E-state index contributed by atoms with van der Waals surface area (Å²) >= 11 is 0. The van der Waals surface area contributed by atoms with E-state index in [1.165, 1.54) is 12.8 Å². The number of hydrogen-bond acceptors (Lipinski definition) is 2. The second kappa shape index (κ2) is 5.42. The molecule has 1 aromatic carbocycles. The molecule has 2 N–H and O–H groups in total. The predicted molar refractivity (Wildman–Crippen MR) is 73.9 cm³/mol. The quantitative estimate of drug-likeness (QED) is 0.812. The maximum atomic E-state index is 12.2. The van der Waals surface area contributed by atoms with E-state index in [1.54, 1.807) is 0 Å². The molecule has 1 fully saturated rings. The molecule has 0 saturated heterocycles. The lowest BCUT2D eigenvalue weighted by atomic mass is 10.1. The van der Waals surface area contributed by atoms with Crippen molar-refractivity contribution in [3.63, 3.8) is 0 Å². The summed E-state index contributed by atoms with van der Waals surface area (Å²) in [6.07, 6.45) is 3.13. The van der Waals surface area contributed by atoms with Crippen molar-refractivity contribution < 1.29 is 4.79 Å². The van der Waals surface area contributed by atoms with Crippen LogP contribution in [-0.2, 0) is 11.3 Å². The summed E-state index contributed by atoms with van der Waals surface area (Å²) in [5.41, 5.74) is 7.75. The zero-order chi connectivity index (χ0) is 13.1. The molecule has 3 nitrogen and oxygen atoms in total. The zero-order valence-corrected chi connectivity index (χ0v) is 11.2. The first-order chi connectivity index (χ1) is 8.58. The highest BCUT2D eigenvalue weighted by Crippen LogP contribution is 2.33. The standard InChI is InChI=1S/C15H22N2O/c1-11(2)17(15(18)9-12-7-8-12)10-13-5-3-4-6-14(13)16/h3-6,11-12H,7-10,16H2,1-2H3. The van der Waals surface area contributed by atoms with E-state index in [-0.39, 0.29) is 11.9 Å². The Balaban J connectivity index is 2.05. The lowest BCUT2D eigenvalue weighted by Crippen LogP contribution is -2.36. The summed E-state index contributed by atoms with van der Waals surface area (Å²) < 4.78 is 0. The number of nitrogens with two attached hydrogens (primary N) is 1. The van der Waals surface area contributed by atoms with E-state index < -0.39 is 0 Å². The first-order valence-electron chi connectivity index (χ1n) is 6.70. The SMILES string of the molecule is CC(C)N(Cc1ccccc1N)C(=O)CC1CC1. The van der Waals surface area contributed by atoms with Gasteiger partial charge in [0, 0.05) is 24.7 Å². The van der Waals surface area contributed by atoms with Gasteiger partial charge in [0.25, 0.3) is 0 Å². The molecule has 0 heterocycles. The number of amides is 1. The summed E-state index contributed by atoms with van der Waals surface area (Å²) in [5.74, 6) is 0.891. The van der Waals surface area contributed by atoms with Crippen molar-refractivity contribution in [3.05, 3.63) is 29.8 Å². The summed E-state index contributed by atoms with van der Waals surface area (Å²) in [6.45, 7) is 4.74. The molecule has 0 bridgehead atoms. The zero-order valence-electron chi connectivity index (χ0n) is 11.2. The van der Waals surface area contributed by atoms with Gasteiger partial charge in [-0.1, -0.05) is 18.2 Å². The minimum Gasteiger partial charge on any atom is -0.398 e. The number of nitrogens with zero attached hydrogens (tertiary/aromatic N) is 1. The average Bonchev–Trinajstić information content (AvgIpc) is 3.11. The Hall–Kier alpha value is -1.51. The van der Waals surface area contributed by atoms with Gasteiger partial charge in [0.2, 0.25) is 5.91 Å². The monoisotopic (exact) mass is 246 g/mol. The smallest absolute Gasteiger partial charge is 0.223 e. The Kier molecular flexibility index (Phi) is 3.90. The van der Waals surface area contributed by atoms with Crippen molar-refractivity contribution >= 4 is 11.6 Å². The molecule has 0 atom stereocenters. The van der Waals surface area contributed by atoms with Gasteiger partial charge in [-0.05, 0) is 44.2 Å². The molecule has 0 radical (unpaired) electrons. The van der Waals surface area contributed by atoms with Crippen LogP contribution in [0.3, 0.4) is 0 Å². The second-order valence-corrected chi connectivity index (χ2v) is 5.46. The lowest BCUT2D eigenvalue weighted by molar-refractivity contribution is -0.133. The number of benzene rings is 1. The molecule has 1 aliphatic carbocycles. The fourth-order valence-corrected chi connectivity index (χ4v) is 2.11. The fraction of sp³-hybridized carbons (Fsp3) is 0.533. The summed E-state index contributed by atoms with van der Waals surface area (Å²) in [7, 11) is 0. The number of carbonyl (C=O) groups is 1. The number of carbonyl (C=O) groups excluding carboxylic acids is 1. The minimum atomic E-state index is 0.218. The summed E-state index contributed by atoms with van der Waals surface area (Å²) in [5, 5.41) is 0. The lowest BCUT2D eigenvalue weighted by Gasteiger charge is -2.27. The van der Waals surface area contributed by atoms with Crippen LogP contribution in [0.1, 0.15) is 38.7 Å². The third-order valence-corrected chi connectivity index (χ3v) is 3.50. The van der Waals surface area contributed by atoms with Gasteiger partial charge >= 0.3 is 0 Å². The molecule has 18 heavy (non-hydrogen) atoms. The highest BCUT2D eigenvalue weighted by molar-refractivity contribution is 5.77. The van der Waals surface area contributed by atoms with Crippen molar-refractivity contribution in [2.75, 3.05) is 5.73 Å². The summed E-state index contributed by atoms with van der Waals surface area (Å²) in [4.78, 5) is 14.2. The maximum absolute atomic E-state index is 12.2. The van der Waals surface area contributed by atoms with Crippen LogP contribution >= 0.6 is 0 Å². The van der Waals surface area contributed by atoms with Gasteiger partial charge < -0.3 is 10.6 Å². The third kappa shape index (κ3) is 3.25. The highest BCUT2D eigenvalue weighted by Gasteiger charge is 2.28. The Morgan fingerprint density at radius 3 is 2.61 bits per heavy atom. The molecule has 1 saturated carbocycles. The minimum absolute atomic E-state index is 0.218. The first-order valence-corrected chi connectivity index (χ1v) is 6.70. The van der Waals surface area contributed by atoms with Crippen molar-refractivity contribution in [3.8, 4) is 0 Å². The van der Waals surface area contributed by atoms with Crippen molar-refractivity contribution in [1.82, 2.24) is 4.90 Å². The molecular formula is C15H22N2O. The first kappa shape index (κ1) is 12.9.